The van der Waals surface area contributed by atoms with Crippen LogP contribution in [0.4, 0.5) is 8.78 Å². The van der Waals surface area contributed by atoms with Crippen molar-refractivity contribution in [3.8, 4) is 5.75 Å². The molecule has 29 heavy (non-hydrogen) atoms. The molecule has 2 aromatic carbocycles. The largest absolute Gasteiger partial charge is 0.435 e. The van der Waals surface area contributed by atoms with Crippen molar-refractivity contribution in [3.63, 3.8) is 0 Å². The van der Waals surface area contributed by atoms with E-state index >= 15 is 0 Å². The number of carbonyl (C=O) groups is 2. The first-order valence-electron chi connectivity index (χ1n) is 9.56. The molecule has 1 saturated heterocycles. The van der Waals surface area contributed by atoms with E-state index in [1.54, 1.807) is 29.0 Å². The molecule has 1 atom stereocenters. The molecule has 5 nitrogen and oxygen atoms in total. The minimum Gasteiger partial charge on any atom is -0.435 e. The molecule has 0 saturated carbocycles. The summed E-state index contributed by atoms with van der Waals surface area (Å²) in [7, 11) is 1.68. The van der Waals surface area contributed by atoms with Crippen molar-refractivity contribution in [2.45, 2.75) is 38.5 Å². The third-order valence-corrected chi connectivity index (χ3v) is 5.00. The van der Waals surface area contributed by atoms with Gasteiger partial charge >= 0.3 is 6.61 Å². The molecule has 0 spiro atoms. The summed E-state index contributed by atoms with van der Waals surface area (Å²) in [6, 6.07) is 15.2. The Bertz CT molecular complexity index is 828. The Labute approximate surface area is 168 Å². The maximum Gasteiger partial charge on any atom is 0.387 e. The number of benzene rings is 2. The summed E-state index contributed by atoms with van der Waals surface area (Å²) in [5.41, 5.74) is 1.72. The maximum atomic E-state index is 12.9. The average Bonchev–Trinajstić information content (AvgIpc) is 3.19. The van der Waals surface area contributed by atoms with Gasteiger partial charge in [0, 0.05) is 20.1 Å². The number of amides is 2. The second-order valence-corrected chi connectivity index (χ2v) is 7.12. The zero-order chi connectivity index (χ0) is 20.8. The van der Waals surface area contributed by atoms with Crippen molar-refractivity contribution in [1.82, 2.24) is 9.80 Å². The van der Waals surface area contributed by atoms with E-state index in [9.17, 15) is 18.4 Å². The number of nitrogens with zero attached hydrogens (tertiary/aromatic N) is 2. The lowest BCUT2D eigenvalue weighted by atomic mass is 10.1. The molecule has 7 heteroatoms. The Balaban J connectivity index is 1.59. The maximum absolute atomic E-state index is 12.9. The van der Waals surface area contributed by atoms with Gasteiger partial charge in [-0.15, -0.1) is 0 Å². The van der Waals surface area contributed by atoms with Gasteiger partial charge in [0.1, 0.15) is 11.8 Å². The highest BCUT2D eigenvalue weighted by Gasteiger charge is 2.35. The lowest BCUT2D eigenvalue weighted by molar-refractivity contribution is -0.143. The van der Waals surface area contributed by atoms with E-state index in [1.165, 1.54) is 12.1 Å². The van der Waals surface area contributed by atoms with Crippen molar-refractivity contribution in [2.24, 2.45) is 0 Å². The van der Waals surface area contributed by atoms with Crippen LogP contribution in [0, 0.1) is 0 Å². The minimum atomic E-state index is -2.87. The second-order valence-electron chi connectivity index (χ2n) is 7.12. The van der Waals surface area contributed by atoms with E-state index in [-0.39, 0.29) is 24.0 Å². The fraction of sp³-hybridized carbons (Fsp3) is 0.364. The van der Waals surface area contributed by atoms with E-state index in [0.717, 1.165) is 17.5 Å². The first-order valence-corrected chi connectivity index (χ1v) is 9.56. The van der Waals surface area contributed by atoms with Crippen molar-refractivity contribution in [3.05, 3.63) is 65.7 Å². The fourth-order valence-corrected chi connectivity index (χ4v) is 3.58. The Hall–Kier alpha value is -2.96. The van der Waals surface area contributed by atoms with Gasteiger partial charge in [0.05, 0.1) is 6.42 Å². The van der Waals surface area contributed by atoms with Gasteiger partial charge in [-0.25, -0.2) is 0 Å². The van der Waals surface area contributed by atoms with Crippen LogP contribution in [0.5, 0.6) is 5.75 Å². The standard InChI is InChI=1S/C22H24F2N2O3/c1-25(15-17-9-11-18(12-10-17)29-22(23)24)21(28)19-8-5-13-26(19)20(27)14-16-6-3-2-4-7-16/h2-4,6-7,9-12,19,22H,5,8,13-15H2,1H3. The van der Waals surface area contributed by atoms with E-state index in [2.05, 4.69) is 4.74 Å². The molecule has 1 aliphatic rings. The van der Waals surface area contributed by atoms with Gasteiger partial charge in [-0.1, -0.05) is 42.5 Å². The molecule has 154 valence electrons. The van der Waals surface area contributed by atoms with Crippen molar-refractivity contribution >= 4 is 11.8 Å². The number of halogens is 2. The quantitative estimate of drug-likeness (QED) is 0.713. The highest BCUT2D eigenvalue weighted by molar-refractivity contribution is 5.89. The van der Waals surface area contributed by atoms with E-state index in [0.29, 0.717) is 19.5 Å². The van der Waals surface area contributed by atoms with Crippen LogP contribution in [0.2, 0.25) is 0 Å². The zero-order valence-electron chi connectivity index (χ0n) is 16.3. The van der Waals surface area contributed by atoms with Gasteiger partial charge in [0.15, 0.2) is 0 Å². The molecule has 2 amide bonds. The topological polar surface area (TPSA) is 49.9 Å². The molecular weight excluding hydrogens is 378 g/mol. The van der Waals surface area contributed by atoms with Crippen LogP contribution in [-0.2, 0) is 22.6 Å². The number of rotatable bonds is 7. The summed E-state index contributed by atoms with van der Waals surface area (Å²) < 4.78 is 28.8. The lowest BCUT2D eigenvalue weighted by Gasteiger charge is -2.28. The average molecular weight is 402 g/mol. The molecule has 1 aliphatic heterocycles. The van der Waals surface area contributed by atoms with E-state index in [4.69, 9.17) is 0 Å². The third kappa shape index (κ3) is 5.53. The van der Waals surface area contributed by atoms with Crippen LogP contribution in [0.25, 0.3) is 0 Å². The highest BCUT2D eigenvalue weighted by atomic mass is 19.3. The van der Waals surface area contributed by atoms with Crippen LogP contribution >= 0.6 is 0 Å². The molecule has 1 fully saturated rings. The normalized spacial score (nSPS) is 16.1. The molecule has 1 unspecified atom stereocenters. The monoisotopic (exact) mass is 402 g/mol. The molecule has 2 aromatic rings. The SMILES string of the molecule is CN(Cc1ccc(OC(F)F)cc1)C(=O)C1CCCN1C(=O)Cc1ccccc1. The van der Waals surface area contributed by atoms with Crippen LogP contribution in [0.15, 0.2) is 54.6 Å². The zero-order valence-corrected chi connectivity index (χ0v) is 16.3. The summed E-state index contributed by atoms with van der Waals surface area (Å²) in [6.45, 7) is -1.97. The fourth-order valence-electron chi connectivity index (χ4n) is 3.58. The third-order valence-electron chi connectivity index (χ3n) is 5.00. The lowest BCUT2D eigenvalue weighted by Crippen LogP contribution is -2.46. The van der Waals surface area contributed by atoms with E-state index in [1.807, 2.05) is 30.3 Å². The van der Waals surface area contributed by atoms with Crippen molar-refractivity contribution in [2.75, 3.05) is 13.6 Å². The Morgan fingerprint density at radius 3 is 2.45 bits per heavy atom. The van der Waals surface area contributed by atoms with Crippen LogP contribution in [-0.4, -0.2) is 47.9 Å². The Morgan fingerprint density at radius 2 is 1.79 bits per heavy atom. The Morgan fingerprint density at radius 1 is 1.10 bits per heavy atom. The summed E-state index contributed by atoms with van der Waals surface area (Å²) in [5.74, 6) is -0.0861. The molecule has 0 radical (unpaired) electrons. The summed E-state index contributed by atoms with van der Waals surface area (Å²) in [4.78, 5) is 28.9. The molecule has 0 aromatic heterocycles. The number of carbonyl (C=O) groups excluding carboxylic acids is 2. The molecule has 3 rings (SSSR count). The number of ether oxygens (including phenoxy) is 1. The van der Waals surface area contributed by atoms with Crippen LogP contribution in [0.3, 0.4) is 0 Å². The van der Waals surface area contributed by atoms with E-state index < -0.39 is 12.7 Å². The van der Waals surface area contributed by atoms with Crippen LogP contribution < -0.4 is 4.74 Å². The number of alkyl halides is 2. The number of likely N-dealkylation sites (tertiary alicyclic amines) is 1. The van der Waals surface area contributed by atoms with Crippen LogP contribution in [0.1, 0.15) is 24.0 Å². The number of hydrogen-bond acceptors (Lipinski definition) is 3. The van der Waals surface area contributed by atoms with Crippen molar-refractivity contribution < 1.29 is 23.1 Å². The Kier molecular flexibility index (Phi) is 6.80. The molecule has 0 bridgehead atoms. The summed E-state index contributed by atoms with van der Waals surface area (Å²) in [6.07, 6.45) is 1.72. The van der Waals surface area contributed by atoms with Gasteiger partial charge < -0.3 is 14.5 Å². The molecule has 0 N–H and O–H groups in total. The second kappa shape index (κ2) is 9.49. The molecule has 0 aliphatic carbocycles. The van der Waals surface area contributed by atoms with Crippen molar-refractivity contribution in [1.29, 1.82) is 0 Å². The van der Waals surface area contributed by atoms with Gasteiger partial charge in [0.2, 0.25) is 11.8 Å². The highest BCUT2D eigenvalue weighted by Crippen LogP contribution is 2.22. The van der Waals surface area contributed by atoms with Gasteiger partial charge in [-0.05, 0) is 36.1 Å². The molecular formula is C22H24F2N2O3. The minimum absolute atomic E-state index is 0.0473. The first-order chi connectivity index (χ1) is 13.9. The smallest absolute Gasteiger partial charge is 0.387 e. The summed E-state index contributed by atoms with van der Waals surface area (Å²) in [5, 5.41) is 0. The van der Waals surface area contributed by atoms with Gasteiger partial charge in [-0.2, -0.15) is 8.78 Å². The van der Waals surface area contributed by atoms with Gasteiger partial charge in [-0.3, -0.25) is 9.59 Å². The predicted octanol–water partition coefficient (Wildman–Crippen LogP) is 3.48. The predicted molar refractivity (Wildman–Crippen MR) is 104 cm³/mol. The van der Waals surface area contributed by atoms with Gasteiger partial charge in [0.25, 0.3) is 0 Å². The first kappa shape index (κ1) is 20.8. The number of likely N-dealkylation sites (N-methyl/N-ethyl adjacent to an activating group) is 1. The summed E-state index contributed by atoms with van der Waals surface area (Å²) >= 11 is 0. The number of hydrogen-bond donors (Lipinski definition) is 0. The molecule has 1 heterocycles.